The molecule has 0 radical (unpaired) electrons. The molecule has 0 unspecified atom stereocenters. The summed E-state index contributed by atoms with van der Waals surface area (Å²) < 4.78 is 15.5. The molecule has 1 aliphatic heterocycles. The molecule has 156 valence electrons. The third-order valence-corrected chi connectivity index (χ3v) is 4.86. The van der Waals surface area contributed by atoms with Crippen molar-refractivity contribution < 1.29 is 23.8 Å². The van der Waals surface area contributed by atoms with E-state index in [-0.39, 0.29) is 31.1 Å². The lowest BCUT2D eigenvalue weighted by Crippen LogP contribution is -2.46. The number of likely N-dealkylation sites (tertiary alicyclic amines) is 1. The third kappa shape index (κ3) is 6.54. The van der Waals surface area contributed by atoms with Crippen molar-refractivity contribution in [3.8, 4) is 5.75 Å². The summed E-state index contributed by atoms with van der Waals surface area (Å²) in [5.41, 5.74) is 6.46. The number of amides is 1. The first-order chi connectivity index (χ1) is 13.4. The first-order valence-corrected chi connectivity index (χ1v) is 9.72. The molecular formula is C19H28ClN3O5. The number of nitrogens with two attached hydrogens (primary N) is 1. The van der Waals surface area contributed by atoms with Crippen LogP contribution in [0.4, 0.5) is 5.69 Å². The molecule has 2 rings (SSSR count). The quantitative estimate of drug-likeness (QED) is 0.361. The number of hydrogen-bond donors (Lipinski definition) is 2. The smallest absolute Gasteiger partial charge is 0.320 e. The Morgan fingerprint density at radius 2 is 2.00 bits per heavy atom. The van der Waals surface area contributed by atoms with E-state index < -0.39 is 0 Å². The van der Waals surface area contributed by atoms with Crippen molar-refractivity contribution in [3.05, 3.63) is 22.7 Å². The van der Waals surface area contributed by atoms with Gasteiger partial charge in [-0.15, -0.1) is 0 Å². The molecule has 0 spiro atoms. The molecule has 1 saturated heterocycles. The number of halogens is 1. The number of anilines is 1. The summed E-state index contributed by atoms with van der Waals surface area (Å²) in [6, 6.07) is 3.06. The average Bonchev–Trinajstić information content (AvgIpc) is 2.68. The van der Waals surface area contributed by atoms with Crippen LogP contribution in [0, 0.1) is 0 Å². The van der Waals surface area contributed by atoms with Gasteiger partial charge in [0.2, 0.25) is 0 Å². The highest BCUT2D eigenvalue weighted by atomic mass is 35.5. The summed E-state index contributed by atoms with van der Waals surface area (Å²) in [4.78, 5) is 26.4. The summed E-state index contributed by atoms with van der Waals surface area (Å²) in [6.45, 7) is 4.82. The largest absolute Gasteiger partial charge is 0.496 e. The van der Waals surface area contributed by atoms with Gasteiger partial charge in [-0.25, -0.2) is 0 Å². The zero-order chi connectivity index (χ0) is 20.5. The molecule has 0 atom stereocenters. The number of nitrogens with one attached hydrogen (secondary N) is 1. The van der Waals surface area contributed by atoms with Crippen LogP contribution in [0.1, 0.15) is 30.1 Å². The van der Waals surface area contributed by atoms with Crippen LogP contribution in [0.2, 0.25) is 5.02 Å². The van der Waals surface area contributed by atoms with Gasteiger partial charge in [-0.2, -0.15) is 0 Å². The summed E-state index contributed by atoms with van der Waals surface area (Å²) >= 11 is 6.03. The third-order valence-electron chi connectivity index (χ3n) is 4.53. The van der Waals surface area contributed by atoms with Crippen molar-refractivity contribution >= 4 is 29.2 Å². The monoisotopic (exact) mass is 413 g/mol. The maximum absolute atomic E-state index is 12.6. The van der Waals surface area contributed by atoms with Crippen molar-refractivity contribution in [2.24, 2.45) is 0 Å². The fourth-order valence-electron chi connectivity index (χ4n) is 3.00. The maximum atomic E-state index is 12.6. The van der Waals surface area contributed by atoms with Gasteiger partial charge >= 0.3 is 5.97 Å². The molecule has 1 aromatic carbocycles. The van der Waals surface area contributed by atoms with E-state index in [0.29, 0.717) is 48.3 Å². The van der Waals surface area contributed by atoms with Crippen LogP contribution in [0.25, 0.3) is 0 Å². The Kier molecular flexibility index (Phi) is 8.82. The number of benzene rings is 1. The second-order valence-electron chi connectivity index (χ2n) is 6.52. The standard InChI is InChI=1S/C19H28ClN3O5/c1-3-27-8-9-28-18(24)12-23-6-4-13(5-7-23)22-19(25)14-10-15(20)16(21)11-17(14)26-2/h10-11,13H,3-9,12,21H2,1-2H3,(H,22,25). The van der Waals surface area contributed by atoms with Gasteiger partial charge in [0.25, 0.3) is 5.91 Å². The zero-order valence-electron chi connectivity index (χ0n) is 16.3. The lowest BCUT2D eigenvalue weighted by Gasteiger charge is -2.31. The topological polar surface area (TPSA) is 103 Å². The number of esters is 1. The van der Waals surface area contributed by atoms with E-state index in [9.17, 15) is 9.59 Å². The van der Waals surface area contributed by atoms with Crippen LogP contribution in [0.15, 0.2) is 12.1 Å². The molecule has 1 aliphatic rings. The van der Waals surface area contributed by atoms with Gasteiger partial charge in [0.15, 0.2) is 0 Å². The molecular weight excluding hydrogens is 386 g/mol. The van der Waals surface area contributed by atoms with Crippen LogP contribution >= 0.6 is 11.6 Å². The molecule has 1 fully saturated rings. The number of rotatable bonds is 9. The molecule has 1 amide bonds. The molecule has 1 heterocycles. The lowest BCUT2D eigenvalue weighted by molar-refractivity contribution is -0.146. The Morgan fingerprint density at radius 1 is 1.29 bits per heavy atom. The van der Waals surface area contributed by atoms with E-state index in [0.717, 1.165) is 12.8 Å². The number of carbonyl (C=O) groups excluding carboxylic acids is 2. The maximum Gasteiger partial charge on any atom is 0.320 e. The van der Waals surface area contributed by atoms with Gasteiger partial charge in [-0.05, 0) is 25.8 Å². The van der Waals surface area contributed by atoms with Gasteiger partial charge in [-0.1, -0.05) is 11.6 Å². The van der Waals surface area contributed by atoms with E-state index in [1.165, 1.54) is 19.2 Å². The number of hydrogen-bond acceptors (Lipinski definition) is 7. The summed E-state index contributed by atoms with van der Waals surface area (Å²) in [5, 5.41) is 3.31. The van der Waals surface area contributed by atoms with E-state index in [1.807, 2.05) is 11.8 Å². The number of piperidine rings is 1. The van der Waals surface area contributed by atoms with Crippen molar-refractivity contribution in [2.45, 2.75) is 25.8 Å². The molecule has 9 heteroatoms. The molecule has 0 aromatic heterocycles. The SMILES string of the molecule is CCOCCOC(=O)CN1CCC(NC(=O)c2cc(Cl)c(N)cc2OC)CC1. The van der Waals surface area contributed by atoms with Gasteiger partial charge in [-0.3, -0.25) is 14.5 Å². The van der Waals surface area contributed by atoms with Gasteiger partial charge in [0.05, 0.1) is 36.5 Å². The summed E-state index contributed by atoms with van der Waals surface area (Å²) in [5.74, 6) is -0.136. The fraction of sp³-hybridized carbons (Fsp3) is 0.579. The first kappa shape index (κ1) is 22.3. The Labute approximate surface area is 170 Å². The minimum atomic E-state index is -0.261. The highest BCUT2D eigenvalue weighted by Crippen LogP contribution is 2.29. The van der Waals surface area contributed by atoms with Crippen molar-refractivity contribution in [1.82, 2.24) is 10.2 Å². The van der Waals surface area contributed by atoms with Crippen LogP contribution in [-0.2, 0) is 14.3 Å². The second kappa shape index (κ2) is 11.1. The normalized spacial score (nSPS) is 15.2. The average molecular weight is 414 g/mol. The minimum absolute atomic E-state index is 0.0127. The van der Waals surface area contributed by atoms with Crippen molar-refractivity contribution in [1.29, 1.82) is 0 Å². The van der Waals surface area contributed by atoms with Crippen LogP contribution in [0.5, 0.6) is 5.75 Å². The number of methoxy groups -OCH3 is 1. The van der Waals surface area contributed by atoms with Crippen LogP contribution < -0.4 is 15.8 Å². The number of carbonyl (C=O) groups is 2. The lowest BCUT2D eigenvalue weighted by atomic mass is 10.0. The molecule has 3 N–H and O–H groups in total. The van der Waals surface area contributed by atoms with E-state index in [4.69, 9.17) is 31.5 Å². The predicted molar refractivity (Wildman–Crippen MR) is 107 cm³/mol. The van der Waals surface area contributed by atoms with E-state index >= 15 is 0 Å². The minimum Gasteiger partial charge on any atom is -0.496 e. The number of nitrogens with zero attached hydrogens (tertiary/aromatic N) is 1. The molecule has 0 saturated carbocycles. The van der Waals surface area contributed by atoms with Gasteiger partial charge in [0.1, 0.15) is 12.4 Å². The molecule has 1 aromatic rings. The summed E-state index contributed by atoms with van der Waals surface area (Å²) in [6.07, 6.45) is 1.48. The van der Waals surface area contributed by atoms with Gasteiger partial charge < -0.3 is 25.3 Å². The Hall–Kier alpha value is -2.03. The number of nitrogen functional groups attached to an aromatic ring is 1. The molecule has 8 nitrogen and oxygen atoms in total. The van der Waals surface area contributed by atoms with Crippen LogP contribution in [-0.4, -0.2) is 69.4 Å². The summed E-state index contributed by atoms with van der Waals surface area (Å²) in [7, 11) is 1.48. The Balaban J connectivity index is 1.79. The molecule has 28 heavy (non-hydrogen) atoms. The Bertz CT molecular complexity index is 678. The highest BCUT2D eigenvalue weighted by Gasteiger charge is 2.24. The first-order valence-electron chi connectivity index (χ1n) is 9.34. The zero-order valence-corrected chi connectivity index (χ0v) is 17.1. The van der Waals surface area contributed by atoms with Crippen molar-refractivity contribution in [2.75, 3.05) is 52.3 Å². The van der Waals surface area contributed by atoms with Crippen molar-refractivity contribution in [3.63, 3.8) is 0 Å². The van der Waals surface area contributed by atoms with Gasteiger partial charge in [0, 0.05) is 31.8 Å². The predicted octanol–water partition coefficient (Wildman–Crippen LogP) is 1.70. The molecule has 0 bridgehead atoms. The van der Waals surface area contributed by atoms with E-state index in [1.54, 1.807) is 0 Å². The van der Waals surface area contributed by atoms with Crippen LogP contribution in [0.3, 0.4) is 0 Å². The Morgan fingerprint density at radius 3 is 2.64 bits per heavy atom. The second-order valence-corrected chi connectivity index (χ2v) is 6.92. The molecule has 0 aliphatic carbocycles. The number of ether oxygens (including phenoxy) is 3. The highest BCUT2D eigenvalue weighted by molar-refractivity contribution is 6.33. The van der Waals surface area contributed by atoms with E-state index in [2.05, 4.69) is 5.32 Å². The fourth-order valence-corrected chi connectivity index (χ4v) is 3.16.